The van der Waals surface area contributed by atoms with E-state index in [1.807, 2.05) is 0 Å². The van der Waals surface area contributed by atoms with Crippen LogP contribution in [0.4, 0.5) is 13.2 Å². The molecular formula is C9H8F3NO3S. The number of halogens is 3. The SMILES string of the molecule is CCOC(=O)c1sc(C2CO2)nc1C(F)(F)F. The van der Waals surface area contributed by atoms with Crippen molar-refractivity contribution in [2.24, 2.45) is 0 Å². The molecule has 0 saturated carbocycles. The quantitative estimate of drug-likeness (QED) is 0.623. The van der Waals surface area contributed by atoms with Crippen molar-refractivity contribution in [2.45, 2.75) is 19.2 Å². The Balaban J connectivity index is 2.37. The van der Waals surface area contributed by atoms with Crippen LogP contribution in [-0.4, -0.2) is 24.2 Å². The molecule has 94 valence electrons. The van der Waals surface area contributed by atoms with Gasteiger partial charge in [-0.05, 0) is 6.92 Å². The lowest BCUT2D eigenvalue weighted by Gasteiger charge is -2.05. The van der Waals surface area contributed by atoms with E-state index in [9.17, 15) is 18.0 Å². The first-order valence-electron chi connectivity index (χ1n) is 4.80. The Bertz CT molecular complexity index is 439. The highest BCUT2D eigenvalue weighted by Crippen LogP contribution is 2.40. The molecule has 4 nitrogen and oxygen atoms in total. The highest BCUT2D eigenvalue weighted by atomic mass is 32.1. The van der Waals surface area contributed by atoms with Gasteiger partial charge in [-0.1, -0.05) is 0 Å². The lowest BCUT2D eigenvalue weighted by molar-refractivity contribution is -0.141. The zero-order valence-corrected chi connectivity index (χ0v) is 9.52. The van der Waals surface area contributed by atoms with Crippen LogP contribution >= 0.6 is 11.3 Å². The summed E-state index contributed by atoms with van der Waals surface area (Å²) in [5, 5.41) is 0.167. The molecule has 0 amide bonds. The predicted molar refractivity (Wildman–Crippen MR) is 51.8 cm³/mol. The number of aromatic nitrogens is 1. The summed E-state index contributed by atoms with van der Waals surface area (Å²) in [5.74, 6) is -0.996. The lowest BCUT2D eigenvalue weighted by atomic mass is 10.3. The predicted octanol–water partition coefficient (Wildman–Crippen LogP) is 2.41. The molecule has 1 fully saturated rings. The van der Waals surface area contributed by atoms with E-state index >= 15 is 0 Å². The second kappa shape index (κ2) is 4.26. The minimum atomic E-state index is -4.66. The maximum Gasteiger partial charge on any atom is 0.435 e. The van der Waals surface area contributed by atoms with Gasteiger partial charge in [0.25, 0.3) is 0 Å². The van der Waals surface area contributed by atoms with Crippen LogP contribution in [0.15, 0.2) is 0 Å². The minimum absolute atomic E-state index is 0.0172. The first-order chi connectivity index (χ1) is 7.93. The first-order valence-corrected chi connectivity index (χ1v) is 5.61. The third kappa shape index (κ3) is 2.58. The molecule has 0 bridgehead atoms. The van der Waals surface area contributed by atoms with Gasteiger partial charge in [-0.15, -0.1) is 11.3 Å². The summed E-state index contributed by atoms with van der Waals surface area (Å²) in [4.78, 5) is 14.3. The molecule has 1 atom stereocenters. The molecule has 0 aromatic carbocycles. The van der Waals surface area contributed by atoms with Crippen molar-refractivity contribution in [3.8, 4) is 0 Å². The molecule has 0 radical (unpaired) electrons. The van der Waals surface area contributed by atoms with Crippen molar-refractivity contribution in [3.05, 3.63) is 15.6 Å². The second-order valence-electron chi connectivity index (χ2n) is 3.27. The Morgan fingerprint density at radius 2 is 2.29 bits per heavy atom. The highest BCUT2D eigenvalue weighted by molar-refractivity contribution is 7.13. The summed E-state index contributed by atoms with van der Waals surface area (Å²) >= 11 is 0.674. The van der Waals surface area contributed by atoms with E-state index in [4.69, 9.17) is 4.74 Å². The van der Waals surface area contributed by atoms with Crippen LogP contribution < -0.4 is 0 Å². The van der Waals surface area contributed by atoms with Gasteiger partial charge in [-0.3, -0.25) is 0 Å². The number of nitrogens with zero attached hydrogens (tertiary/aromatic N) is 1. The van der Waals surface area contributed by atoms with Crippen LogP contribution in [0.5, 0.6) is 0 Å². The second-order valence-corrected chi connectivity index (χ2v) is 4.30. The number of alkyl halides is 3. The van der Waals surface area contributed by atoms with Crippen molar-refractivity contribution < 1.29 is 27.4 Å². The lowest BCUT2D eigenvalue weighted by Crippen LogP contribution is -2.13. The van der Waals surface area contributed by atoms with E-state index in [1.54, 1.807) is 0 Å². The Kier molecular flexibility index (Phi) is 3.09. The van der Waals surface area contributed by atoms with Crippen LogP contribution in [-0.2, 0) is 15.7 Å². The van der Waals surface area contributed by atoms with Crippen molar-refractivity contribution in [1.82, 2.24) is 4.98 Å². The molecule has 1 aliphatic rings. The Labute approximate surface area is 98.4 Å². The van der Waals surface area contributed by atoms with Gasteiger partial charge in [0.15, 0.2) is 5.69 Å². The molecule has 1 unspecified atom stereocenters. The molecule has 1 saturated heterocycles. The monoisotopic (exact) mass is 267 g/mol. The number of epoxide rings is 1. The van der Waals surface area contributed by atoms with Crippen LogP contribution in [0.1, 0.15) is 33.4 Å². The number of esters is 1. The van der Waals surface area contributed by atoms with Crippen molar-refractivity contribution in [3.63, 3.8) is 0 Å². The van der Waals surface area contributed by atoms with Gasteiger partial charge in [0.2, 0.25) is 0 Å². The highest BCUT2D eigenvalue weighted by Gasteiger charge is 2.42. The maximum absolute atomic E-state index is 12.6. The molecule has 8 heteroatoms. The summed E-state index contributed by atoms with van der Waals surface area (Å²) in [5.41, 5.74) is -1.19. The van der Waals surface area contributed by atoms with Crippen molar-refractivity contribution in [1.29, 1.82) is 0 Å². The Hall–Kier alpha value is -1.15. The number of carbonyl (C=O) groups is 1. The van der Waals surface area contributed by atoms with E-state index in [-0.39, 0.29) is 11.6 Å². The Morgan fingerprint density at radius 3 is 2.76 bits per heavy atom. The first kappa shape index (κ1) is 12.3. The van der Waals surface area contributed by atoms with Gasteiger partial charge in [-0.2, -0.15) is 13.2 Å². The third-order valence-corrected chi connectivity index (χ3v) is 3.11. The van der Waals surface area contributed by atoms with Gasteiger partial charge in [0.05, 0.1) is 13.2 Å². The largest absolute Gasteiger partial charge is 0.462 e. The fourth-order valence-corrected chi connectivity index (χ4v) is 2.21. The van der Waals surface area contributed by atoms with Gasteiger partial charge in [0, 0.05) is 0 Å². The number of ether oxygens (including phenoxy) is 2. The summed E-state index contributed by atoms with van der Waals surface area (Å²) < 4.78 is 47.3. The zero-order valence-electron chi connectivity index (χ0n) is 8.71. The van der Waals surface area contributed by atoms with Crippen LogP contribution in [0.2, 0.25) is 0 Å². The number of carbonyl (C=O) groups excluding carboxylic acids is 1. The van der Waals surface area contributed by atoms with E-state index in [0.29, 0.717) is 17.9 Å². The molecule has 2 rings (SSSR count). The van der Waals surface area contributed by atoms with Crippen LogP contribution in [0.25, 0.3) is 0 Å². The fourth-order valence-electron chi connectivity index (χ4n) is 1.19. The molecule has 1 aliphatic heterocycles. The van der Waals surface area contributed by atoms with Gasteiger partial charge in [-0.25, -0.2) is 9.78 Å². The number of hydrogen-bond donors (Lipinski definition) is 0. The van der Waals surface area contributed by atoms with Crippen molar-refractivity contribution in [2.75, 3.05) is 13.2 Å². The molecular weight excluding hydrogens is 259 g/mol. The minimum Gasteiger partial charge on any atom is -0.462 e. The average molecular weight is 267 g/mol. The van der Waals surface area contributed by atoms with Crippen molar-refractivity contribution >= 4 is 17.3 Å². The fraction of sp³-hybridized carbons (Fsp3) is 0.556. The van der Waals surface area contributed by atoms with Gasteiger partial charge >= 0.3 is 12.1 Å². The molecule has 1 aromatic rings. The summed E-state index contributed by atoms with van der Waals surface area (Å²) in [7, 11) is 0. The zero-order chi connectivity index (χ0) is 12.6. The molecule has 0 N–H and O–H groups in total. The summed E-state index contributed by atoms with van der Waals surface area (Å²) in [6.45, 7) is 1.88. The molecule has 1 aromatic heterocycles. The number of thiazole rings is 1. The van der Waals surface area contributed by atoms with Crippen LogP contribution in [0.3, 0.4) is 0 Å². The number of rotatable bonds is 3. The molecule has 17 heavy (non-hydrogen) atoms. The van der Waals surface area contributed by atoms with E-state index < -0.39 is 28.8 Å². The Morgan fingerprint density at radius 1 is 1.65 bits per heavy atom. The van der Waals surface area contributed by atoms with E-state index in [2.05, 4.69) is 9.72 Å². The molecule has 2 heterocycles. The van der Waals surface area contributed by atoms with E-state index in [1.165, 1.54) is 6.92 Å². The summed E-state index contributed by atoms with van der Waals surface area (Å²) in [6.07, 6.45) is -5.07. The topological polar surface area (TPSA) is 51.7 Å². The van der Waals surface area contributed by atoms with Crippen LogP contribution in [0, 0.1) is 0 Å². The summed E-state index contributed by atoms with van der Waals surface area (Å²) in [6, 6.07) is 0. The van der Waals surface area contributed by atoms with Gasteiger partial charge < -0.3 is 9.47 Å². The van der Waals surface area contributed by atoms with E-state index in [0.717, 1.165) is 0 Å². The molecule has 0 spiro atoms. The average Bonchev–Trinajstić information content (AvgIpc) is 2.95. The number of hydrogen-bond acceptors (Lipinski definition) is 5. The third-order valence-electron chi connectivity index (χ3n) is 1.98. The smallest absolute Gasteiger partial charge is 0.435 e. The molecule has 0 aliphatic carbocycles. The normalized spacial score (nSPS) is 19.2. The van der Waals surface area contributed by atoms with Gasteiger partial charge in [0.1, 0.15) is 16.0 Å². The standard InChI is InChI=1S/C9H8F3NO3S/c1-2-15-8(14)5-6(9(10,11)12)13-7(17-5)4-3-16-4/h4H,2-3H2,1H3. The maximum atomic E-state index is 12.6.